The summed E-state index contributed by atoms with van der Waals surface area (Å²) in [5.41, 5.74) is 5.20. The Kier molecular flexibility index (Phi) is 3.86. The summed E-state index contributed by atoms with van der Waals surface area (Å²) in [4.78, 5) is 13.0. The zero-order valence-corrected chi connectivity index (χ0v) is 14.8. The van der Waals surface area contributed by atoms with Crippen molar-refractivity contribution in [3.05, 3.63) is 59.2 Å². The van der Waals surface area contributed by atoms with Crippen molar-refractivity contribution in [2.45, 2.75) is 46.1 Å². The second-order valence-electron chi connectivity index (χ2n) is 6.84. The lowest BCUT2D eigenvalue weighted by Crippen LogP contribution is -2.03. The second kappa shape index (κ2) is 6.06. The lowest BCUT2D eigenvalue weighted by Gasteiger charge is -2.13. The highest BCUT2D eigenvalue weighted by Crippen LogP contribution is 2.33. The van der Waals surface area contributed by atoms with E-state index in [-0.39, 0.29) is 11.9 Å². The van der Waals surface area contributed by atoms with Gasteiger partial charge in [-0.3, -0.25) is 0 Å². The normalized spacial score (nSPS) is 14.5. The van der Waals surface area contributed by atoms with Crippen LogP contribution in [0.2, 0.25) is 0 Å². The predicted molar refractivity (Wildman–Crippen MR) is 96.9 cm³/mol. The highest BCUT2D eigenvalue weighted by atomic mass is 19.1. The molecule has 128 valence electrons. The van der Waals surface area contributed by atoms with Crippen molar-refractivity contribution in [1.82, 2.24) is 19.5 Å². The quantitative estimate of drug-likeness (QED) is 0.686. The molecular weight excluding hydrogens is 315 g/mol. The molecule has 0 atom stereocenters. The summed E-state index contributed by atoms with van der Waals surface area (Å²) in [6.07, 6.45) is 8.52. The van der Waals surface area contributed by atoms with Crippen molar-refractivity contribution in [2.24, 2.45) is 0 Å². The van der Waals surface area contributed by atoms with Gasteiger partial charge in [-0.2, -0.15) is 0 Å². The molecule has 0 bridgehead atoms. The zero-order chi connectivity index (χ0) is 17.6. The van der Waals surface area contributed by atoms with Gasteiger partial charge in [-0.05, 0) is 63.3 Å². The molecule has 2 aromatic heterocycles. The minimum Gasteiger partial charge on any atom is -0.326 e. The Labute approximate surface area is 146 Å². The molecule has 0 N–H and O–H groups in total. The highest BCUT2D eigenvalue weighted by molar-refractivity contribution is 5.87. The molecule has 0 saturated heterocycles. The molecule has 4 rings (SSSR count). The largest absolute Gasteiger partial charge is 0.326 e. The topological polar surface area (TPSA) is 43.6 Å². The van der Waals surface area contributed by atoms with Gasteiger partial charge in [-0.1, -0.05) is 6.08 Å². The van der Waals surface area contributed by atoms with Crippen molar-refractivity contribution in [3.8, 4) is 0 Å². The fourth-order valence-electron chi connectivity index (χ4n) is 3.75. The summed E-state index contributed by atoms with van der Waals surface area (Å²) in [5, 5.41) is 0. The minimum absolute atomic E-state index is 0.221. The van der Waals surface area contributed by atoms with Gasteiger partial charge in [0.1, 0.15) is 17.7 Å². The fraction of sp³-hybridized carbons (Fsp3) is 0.350. The summed E-state index contributed by atoms with van der Waals surface area (Å²) in [7, 11) is 0. The van der Waals surface area contributed by atoms with Crippen molar-refractivity contribution in [2.75, 3.05) is 0 Å². The van der Waals surface area contributed by atoms with Gasteiger partial charge in [0.05, 0.1) is 11.2 Å². The van der Waals surface area contributed by atoms with Gasteiger partial charge in [0, 0.05) is 17.8 Å². The first-order valence-corrected chi connectivity index (χ1v) is 8.74. The van der Waals surface area contributed by atoms with Gasteiger partial charge in [-0.25, -0.2) is 19.3 Å². The van der Waals surface area contributed by atoms with Gasteiger partial charge in [0.15, 0.2) is 5.82 Å². The van der Waals surface area contributed by atoms with Crippen LogP contribution in [0.1, 0.15) is 55.4 Å². The van der Waals surface area contributed by atoms with Crippen LogP contribution < -0.4 is 0 Å². The maximum Gasteiger partial charge on any atom is 0.151 e. The molecule has 0 spiro atoms. The number of imidazole rings is 1. The average Bonchev–Trinajstić information content (AvgIpc) is 2.78. The summed E-state index contributed by atoms with van der Waals surface area (Å²) in [6.45, 7) is 6.10. The van der Waals surface area contributed by atoms with E-state index in [1.165, 1.54) is 0 Å². The smallest absolute Gasteiger partial charge is 0.151 e. The van der Waals surface area contributed by atoms with E-state index in [0.717, 1.165) is 53.0 Å². The predicted octanol–water partition coefficient (Wildman–Crippen LogP) is 4.62. The monoisotopic (exact) mass is 336 g/mol. The third-order valence-corrected chi connectivity index (χ3v) is 4.80. The first-order valence-electron chi connectivity index (χ1n) is 8.74. The van der Waals surface area contributed by atoms with Crippen molar-refractivity contribution >= 4 is 16.6 Å². The number of aromatic nitrogens is 4. The van der Waals surface area contributed by atoms with E-state index in [4.69, 9.17) is 0 Å². The first-order chi connectivity index (χ1) is 12.1. The Morgan fingerprint density at radius 3 is 2.88 bits per heavy atom. The van der Waals surface area contributed by atoms with Crippen LogP contribution in [0.15, 0.2) is 30.7 Å². The molecule has 3 aromatic rings. The second-order valence-corrected chi connectivity index (χ2v) is 6.84. The molecule has 2 heterocycles. The Morgan fingerprint density at radius 2 is 2.08 bits per heavy atom. The van der Waals surface area contributed by atoms with Gasteiger partial charge in [-0.15, -0.1) is 0 Å². The molecule has 0 aliphatic heterocycles. The van der Waals surface area contributed by atoms with E-state index >= 15 is 0 Å². The van der Waals surface area contributed by atoms with E-state index in [0.29, 0.717) is 5.52 Å². The number of hydrogen-bond acceptors (Lipinski definition) is 3. The summed E-state index contributed by atoms with van der Waals surface area (Å²) < 4.78 is 16.9. The number of halogens is 1. The maximum atomic E-state index is 14.8. The van der Waals surface area contributed by atoms with Crippen molar-refractivity contribution in [1.29, 1.82) is 0 Å². The number of hydrogen-bond donors (Lipinski definition) is 0. The van der Waals surface area contributed by atoms with Crippen LogP contribution in [-0.2, 0) is 6.42 Å². The number of rotatable bonds is 2. The fourth-order valence-corrected chi connectivity index (χ4v) is 3.75. The van der Waals surface area contributed by atoms with Crippen LogP contribution in [0.5, 0.6) is 0 Å². The average molecular weight is 336 g/mol. The van der Waals surface area contributed by atoms with E-state index < -0.39 is 0 Å². The summed E-state index contributed by atoms with van der Waals surface area (Å²) >= 11 is 0. The molecule has 1 aliphatic rings. The summed E-state index contributed by atoms with van der Waals surface area (Å²) in [6, 6.07) is 3.86. The number of nitrogens with zero attached hydrogens (tertiary/aromatic N) is 4. The highest BCUT2D eigenvalue weighted by Gasteiger charge is 2.19. The number of fused-ring (bicyclic) bond motifs is 2. The Bertz CT molecular complexity index is 985. The number of benzene rings is 1. The van der Waals surface area contributed by atoms with Gasteiger partial charge in [0.25, 0.3) is 0 Å². The molecule has 0 unspecified atom stereocenters. The lowest BCUT2D eigenvalue weighted by molar-refractivity contribution is 0.600. The molecule has 25 heavy (non-hydrogen) atoms. The van der Waals surface area contributed by atoms with Crippen LogP contribution in [0.4, 0.5) is 4.39 Å². The molecule has 0 fully saturated rings. The lowest BCUT2D eigenvalue weighted by atomic mass is 9.97. The van der Waals surface area contributed by atoms with Gasteiger partial charge in [0.2, 0.25) is 0 Å². The zero-order valence-electron chi connectivity index (χ0n) is 14.8. The van der Waals surface area contributed by atoms with Crippen LogP contribution in [0.3, 0.4) is 0 Å². The molecule has 0 amide bonds. The number of aryl methyl sites for hydroxylation is 2. The van der Waals surface area contributed by atoms with E-state index in [1.54, 1.807) is 12.4 Å². The summed E-state index contributed by atoms with van der Waals surface area (Å²) in [5.74, 6) is 0.554. The van der Waals surface area contributed by atoms with E-state index in [2.05, 4.69) is 39.4 Å². The molecule has 0 saturated carbocycles. The van der Waals surface area contributed by atoms with E-state index in [9.17, 15) is 4.39 Å². The SMILES string of the molecule is Cc1nc2c(F)cc(C3=CCCCc4ncncc43)cc2n1C(C)C. The minimum atomic E-state index is -0.279. The van der Waals surface area contributed by atoms with Crippen LogP contribution >= 0.6 is 0 Å². The van der Waals surface area contributed by atoms with Crippen LogP contribution in [-0.4, -0.2) is 19.5 Å². The Hall–Kier alpha value is -2.56. The Balaban J connectivity index is 1.96. The molecule has 1 aromatic carbocycles. The van der Waals surface area contributed by atoms with Gasteiger partial charge >= 0.3 is 0 Å². The molecular formula is C20H21FN4. The molecule has 5 heteroatoms. The molecule has 0 radical (unpaired) electrons. The third-order valence-electron chi connectivity index (χ3n) is 4.80. The molecule has 4 nitrogen and oxygen atoms in total. The van der Waals surface area contributed by atoms with Gasteiger partial charge < -0.3 is 4.57 Å². The van der Waals surface area contributed by atoms with Crippen molar-refractivity contribution < 1.29 is 4.39 Å². The first kappa shape index (κ1) is 15.9. The molecule has 1 aliphatic carbocycles. The maximum absolute atomic E-state index is 14.8. The standard InChI is InChI=1S/C20H21FN4/c1-12(2)25-13(3)24-20-17(21)8-14(9-19(20)25)15-6-4-5-7-18-16(15)10-22-11-23-18/h6,8-12H,4-5,7H2,1-3H3. The van der Waals surface area contributed by atoms with Crippen LogP contribution in [0.25, 0.3) is 16.6 Å². The third kappa shape index (κ3) is 2.64. The Morgan fingerprint density at radius 1 is 1.24 bits per heavy atom. The van der Waals surface area contributed by atoms with E-state index in [1.807, 2.05) is 19.2 Å². The van der Waals surface area contributed by atoms with Crippen LogP contribution in [0, 0.1) is 12.7 Å². The van der Waals surface area contributed by atoms with Crippen molar-refractivity contribution in [3.63, 3.8) is 0 Å². The number of allylic oxidation sites excluding steroid dienone is 1.